The predicted octanol–water partition coefficient (Wildman–Crippen LogP) is 2.47. The van der Waals surface area contributed by atoms with E-state index in [1.165, 1.54) is 6.07 Å². The lowest BCUT2D eigenvalue weighted by atomic mass is 10.3. The van der Waals surface area contributed by atoms with Gasteiger partial charge in [0.1, 0.15) is 17.3 Å². The number of aromatic nitrogens is 3. The summed E-state index contributed by atoms with van der Waals surface area (Å²) in [5, 5.41) is 10.4. The molecular formula is C10H9BrF2N4. The lowest BCUT2D eigenvalue weighted by Crippen LogP contribution is -2.03. The van der Waals surface area contributed by atoms with Gasteiger partial charge in [0.15, 0.2) is 0 Å². The third-order valence-corrected chi connectivity index (χ3v) is 2.73. The molecule has 4 nitrogen and oxygen atoms in total. The van der Waals surface area contributed by atoms with Crippen LogP contribution in [0.4, 0.5) is 14.5 Å². The molecule has 0 saturated heterocycles. The molecule has 0 atom stereocenters. The van der Waals surface area contributed by atoms with Crippen LogP contribution in [0.5, 0.6) is 0 Å². The van der Waals surface area contributed by atoms with Crippen molar-refractivity contribution in [2.75, 3.05) is 5.32 Å². The Balaban J connectivity index is 2.14. The molecule has 1 heterocycles. The van der Waals surface area contributed by atoms with Gasteiger partial charge in [-0.2, -0.15) is 0 Å². The number of benzene rings is 1. The first kappa shape index (κ1) is 12.0. The van der Waals surface area contributed by atoms with Gasteiger partial charge in [0.2, 0.25) is 0 Å². The number of nitrogens with one attached hydrogen (secondary N) is 1. The third-order valence-electron chi connectivity index (χ3n) is 2.10. The van der Waals surface area contributed by atoms with Gasteiger partial charge in [0.25, 0.3) is 0 Å². The highest BCUT2D eigenvalue weighted by Gasteiger charge is 2.09. The molecule has 0 amide bonds. The van der Waals surface area contributed by atoms with Crippen LogP contribution in [0.25, 0.3) is 0 Å². The highest BCUT2D eigenvalue weighted by atomic mass is 79.9. The predicted molar refractivity (Wildman–Crippen MR) is 62.4 cm³/mol. The topological polar surface area (TPSA) is 42.7 Å². The van der Waals surface area contributed by atoms with Crippen molar-refractivity contribution in [3.63, 3.8) is 0 Å². The minimum atomic E-state index is -0.652. The summed E-state index contributed by atoms with van der Waals surface area (Å²) in [6.45, 7) is 0.314. The van der Waals surface area contributed by atoms with Crippen molar-refractivity contribution in [3.05, 3.63) is 40.1 Å². The van der Waals surface area contributed by atoms with Gasteiger partial charge in [-0.1, -0.05) is 5.21 Å². The first-order chi connectivity index (χ1) is 8.06. The van der Waals surface area contributed by atoms with E-state index in [1.807, 2.05) is 0 Å². The van der Waals surface area contributed by atoms with Gasteiger partial charge in [-0.05, 0) is 22.0 Å². The van der Waals surface area contributed by atoms with Crippen molar-refractivity contribution < 1.29 is 8.78 Å². The molecule has 0 radical (unpaired) electrons. The fraction of sp³-hybridized carbons (Fsp3) is 0.200. The van der Waals surface area contributed by atoms with E-state index in [4.69, 9.17) is 0 Å². The van der Waals surface area contributed by atoms with Gasteiger partial charge in [0.05, 0.1) is 12.2 Å². The number of hydrogen-bond acceptors (Lipinski definition) is 3. The van der Waals surface area contributed by atoms with E-state index >= 15 is 0 Å². The average Bonchev–Trinajstić information content (AvgIpc) is 2.62. The van der Waals surface area contributed by atoms with Gasteiger partial charge in [0, 0.05) is 23.8 Å². The summed E-state index contributed by atoms with van der Waals surface area (Å²) >= 11 is 3.09. The molecule has 0 bridgehead atoms. The summed E-state index contributed by atoms with van der Waals surface area (Å²) < 4.78 is 28.2. The Morgan fingerprint density at radius 1 is 1.41 bits per heavy atom. The standard InChI is InChI=1S/C10H9BrF2N4/c1-17-5-7(15-16-17)4-14-10-8(11)2-6(12)3-9(10)13/h2-3,5,14H,4H2,1H3. The highest BCUT2D eigenvalue weighted by molar-refractivity contribution is 9.10. The molecule has 0 aliphatic rings. The molecule has 0 spiro atoms. The van der Waals surface area contributed by atoms with Gasteiger partial charge < -0.3 is 5.32 Å². The molecule has 7 heteroatoms. The average molecular weight is 303 g/mol. The Kier molecular flexibility index (Phi) is 3.37. The zero-order valence-corrected chi connectivity index (χ0v) is 10.5. The molecule has 90 valence electrons. The van der Waals surface area contributed by atoms with E-state index in [-0.39, 0.29) is 5.69 Å². The van der Waals surface area contributed by atoms with Crippen LogP contribution in [0, 0.1) is 11.6 Å². The molecule has 1 N–H and O–H groups in total. The largest absolute Gasteiger partial charge is 0.376 e. The van der Waals surface area contributed by atoms with E-state index in [9.17, 15) is 8.78 Å². The fourth-order valence-electron chi connectivity index (χ4n) is 1.37. The van der Waals surface area contributed by atoms with Crippen LogP contribution < -0.4 is 5.32 Å². The second kappa shape index (κ2) is 4.79. The van der Waals surface area contributed by atoms with E-state index in [0.717, 1.165) is 6.07 Å². The first-order valence-electron chi connectivity index (χ1n) is 4.80. The van der Waals surface area contributed by atoms with E-state index in [2.05, 4.69) is 31.6 Å². The van der Waals surface area contributed by atoms with Crippen LogP contribution in [0.1, 0.15) is 5.69 Å². The molecule has 1 aromatic carbocycles. The second-order valence-corrected chi connectivity index (χ2v) is 4.34. The normalized spacial score (nSPS) is 10.6. The molecule has 0 aliphatic heterocycles. The Morgan fingerprint density at radius 3 is 2.76 bits per heavy atom. The Morgan fingerprint density at radius 2 is 2.18 bits per heavy atom. The van der Waals surface area contributed by atoms with Crippen molar-refractivity contribution in [1.82, 2.24) is 15.0 Å². The van der Waals surface area contributed by atoms with Crippen LogP contribution in [0.2, 0.25) is 0 Å². The van der Waals surface area contributed by atoms with Crippen molar-refractivity contribution in [3.8, 4) is 0 Å². The van der Waals surface area contributed by atoms with Crippen LogP contribution in [0.15, 0.2) is 22.8 Å². The minimum absolute atomic E-state index is 0.206. The lowest BCUT2D eigenvalue weighted by molar-refractivity contribution is 0.583. The molecule has 0 saturated carbocycles. The summed E-state index contributed by atoms with van der Waals surface area (Å²) in [7, 11) is 1.74. The number of anilines is 1. The third kappa shape index (κ3) is 2.79. The molecule has 0 aliphatic carbocycles. The van der Waals surface area contributed by atoms with Gasteiger partial charge in [-0.3, -0.25) is 4.68 Å². The molecule has 1 aromatic heterocycles. The molecular weight excluding hydrogens is 294 g/mol. The van der Waals surface area contributed by atoms with Crippen LogP contribution in [-0.2, 0) is 13.6 Å². The van der Waals surface area contributed by atoms with Crippen molar-refractivity contribution in [1.29, 1.82) is 0 Å². The van der Waals surface area contributed by atoms with Crippen LogP contribution in [-0.4, -0.2) is 15.0 Å². The Bertz CT molecular complexity index is 518. The summed E-state index contributed by atoms with van der Waals surface area (Å²) in [6, 6.07) is 2.02. The molecule has 2 aromatic rings. The zero-order valence-electron chi connectivity index (χ0n) is 8.91. The second-order valence-electron chi connectivity index (χ2n) is 3.48. The lowest BCUT2D eigenvalue weighted by Gasteiger charge is -2.08. The van der Waals surface area contributed by atoms with Gasteiger partial charge in [-0.15, -0.1) is 5.10 Å². The van der Waals surface area contributed by atoms with Crippen molar-refractivity contribution in [2.45, 2.75) is 6.54 Å². The van der Waals surface area contributed by atoms with Gasteiger partial charge in [-0.25, -0.2) is 8.78 Å². The van der Waals surface area contributed by atoms with Crippen LogP contribution >= 0.6 is 15.9 Å². The Hall–Kier alpha value is -1.50. The van der Waals surface area contributed by atoms with Crippen molar-refractivity contribution in [2.24, 2.45) is 7.05 Å². The SMILES string of the molecule is Cn1cc(CNc2c(F)cc(F)cc2Br)nn1. The fourth-order valence-corrected chi connectivity index (χ4v) is 1.91. The molecule has 2 rings (SSSR count). The van der Waals surface area contributed by atoms with E-state index in [0.29, 0.717) is 16.7 Å². The minimum Gasteiger partial charge on any atom is -0.376 e. The first-order valence-corrected chi connectivity index (χ1v) is 5.59. The van der Waals surface area contributed by atoms with E-state index < -0.39 is 11.6 Å². The monoisotopic (exact) mass is 302 g/mol. The maximum absolute atomic E-state index is 13.4. The summed E-state index contributed by atoms with van der Waals surface area (Å²) in [4.78, 5) is 0. The maximum atomic E-state index is 13.4. The summed E-state index contributed by atoms with van der Waals surface area (Å²) in [5.74, 6) is -1.28. The number of nitrogens with zero attached hydrogens (tertiary/aromatic N) is 3. The number of aryl methyl sites for hydroxylation is 1. The number of hydrogen-bond donors (Lipinski definition) is 1. The Labute approximate surface area is 105 Å². The number of halogens is 3. The van der Waals surface area contributed by atoms with Crippen molar-refractivity contribution >= 4 is 21.6 Å². The maximum Gasteiger partial charge on any atom is 0.150 e. The molecule has 17 heavy (non-hydrogen) atoms. The van der Waals surface area contributed by atoms with E-state index in [1.54, 1.807) is 17.9 Å². The number of rotatable bonds is 3. The smallest absolute Gasteiger partial charge is 0.150 e. The zero-order chi connectivity index (χ0) is 12.4. The van der Waals surface area contributed by atoms with Crippen LogP contribution in [0.3, 0.4) is 0 Å². The molecule has 0 fully saturated rings. The highest BCUT2D eigenvalue weighted by Crippen LogP contribution is 2.27. The summed E-state index contributed by atoms with van der Waals surface area (Å²) in [6.07, 6.45) is 1.71. The van der Waals surface area contributed by atoms with Gasteiger partial charge >= 0.3 is 0 Å². The quantitative estimate of drug-likeness (QED) is 0.947. The molecule has 0 unspecified atom stereocenters. The summed E-state index contributed by atoms with van der Waals surface area (Å²) in [5.41, 5.74) is 0.875.